The minimum atomic E-state index is -0.894. The normalized spacial score (nSPS) is 16.6. The minimum Gasteiger partial charge on any atom is -0.462 e. The van der Waals surface area contributed by atoms with E-state index in [2.05, 4.69) is 12.2 Å². The number of thiophene rings is 1. The van der Waals surface area contributed by atoms with Crippen molar-refractivity contribution in [3.8, 4) is 0 Å². The minimum absolute atomic E-state index is 0.211. The van der Waals surface area contributed by atoms with E-state index in [0.29, 0.717) is 16.5 Å². The fourth-order valence-corrected chi connectivity index (χ4v) is 5.54. The number of fused-ring (bicyclic) bond motifs is 2. The van der Waals surface area contributed by atoms with Crippen LogP contribution in [0.2, 0.25) is 0 Å². The van der Waals surface area contributed by atoms with Gasteiger partial charge in [0.1, 0.15) is 11.5 Å². The maximum atomic E-state index is 12.6. The lowest BCUT2D eigenvalue weighted by Crippen LogP contribution is -2.36. The molecule has 1 atom stereocenters. The number of benzene rings is 1. The summed E-state index contributed by atoms with van der Waals surface area (Å²) in [6.07, 6.45) is 2.49. The van der Waals surface area contributed by atoms with Crippen LogP contribution in [0, 0.1) is 5.92 Å². The zero-order valence-electron chi connectivity index (χ0n) is 18.8. The number of ether oxygens (including phenoxy) is 2. The molecule has 0 saturated heterocycles. The van der Waals surface area contributed by atoms with Gasteiger partial charge in [0.15, 0.2) is 6.61 Å². The average Bonchev–Trinajstić information content (AvgIpc) is 3.27. The van der Waals surface area contributed by atoms with Gasteiger partial charge in [-0.25, -0.2) is 4.79 Å². The lowest BCUT2D eigenvalue weighted by Gasteiger charge is -2.18. The monoisotopic (exact) mass is 484 g/mol. The number of amides is 3. The van der Waals surface area contributed by atoms with E-state index in [4.69, 9.17) is 9.47 Å². The fraction of sp³-hybridized carbons (Fsp3) is 0.375. The van der Waals surface area contributed by atoms with E-state index in [-0.39, 0.29) is 17.7 Å². The first-order valence-corrected chi connectivity index (χ1v) is 11.8. The van der Waals surface area contributed by atoms with Crippen LogP contribution in [0.5, 0.6) is 0 Å². The van der Waals surface area contributed by atoms with Crippen LogP contribution in [0.3, 0.4) is 0 Å². The molecule has 3 amide bonds. The van der Waals surface area contributed by atoms with Gasteiger partial charge in [-0.05, 0) is 49.8 Å². The summed E-state index contributed by atoms with van der Waals surface area (Å²) in [5.41, 5.74) is 1.71. The Morgan fingerprint density at radius 1 is 1.12 bits per heavy atom. The quantitative estimate of drug-likeness (QED) is 0.474. The highest BCUT2D eigenvalue weighted by molar-refractivity contribution is 7.17. The Morgan fingerprint density at radius 2 is 1.79 bits per heavy atom. The van der Waals surface area contributed by atoms with Gasteiger partial charge in [0, 0.05) is 4.88 Å². The van der Waals surface area contributed by atoms with Crippen molar-refractivity contribution >= 4 is 46.0 Å². The van der Waals surface area contributed by atoms with Crippen LogP contribution in [0.25, 0.3) is 0 Å². The Labute approximate surface area is 200 Å². The van der Waals surface area contributed by atoms with Crippen molar-refractivity contribution in [2.45, 2.75) is 33.1 Å². The average molecular weight is 485 g/mol. The van der Waals surface area contributed by atoms with E-state index < -0.39 is 42.8 Å². The summed E-state index contributed by atoms with van der Waals surface area (Å²) < 4.78 is 10.2. The van der Waals surface area contributed by atoms with Crippen molar-refractivity contribution < 1.29 is 33.4 Å². The molecule has 4 rings (SSSR count). The first-order chi connectivity index (χ1) is 16.3. The SMILES string of the molecule is CCOC(=O)c1c(NC(=O)COC(=O)CN2C(=O)c3ccccc3C2=O)sc2c1CC[C@@H](C)C2. The Balaban J connectivity index is 1.38. The summed E-state index contributed by atoms with van der Waals surface area (Å²) in [6, 6.07) is 6.28. The molecule has 178 valence electrons. The fourth-order valence-electron chi connectivity index (χ4n) is 4.12. The second-order valence-electron chi connectivity index (χ2n) is 8.23. The number of anilines is 1. The van der Waals surface area contributed by atoms with Gasteiger partial charge in [0.25, 0.3) is 17.7 Å². The molecule has 0 saturated carbocycles. The number of esters is 2. The molecule has 0 bridgehead atoms. The van der Waals surface area contributed by atoms with E-state index in [1.807, 2.05) is 0 Å². The van der Waals surface area contributed by atoms with Crippen LogP contribution in [-0.4, -0.2) is 54.3 Å². The van der Waals surface area contributed by atoms with Crippen LogP contribution in [0.1, 0.15) is 61.8 Å². The van der Waals surface area contributed by atoms with Crippen molar-refractivity contribution in [1.29, 1.82) is 0 Å². The van der Waals surface area contributed by atoms with Gasteiger partial charge in [-0.3, -0.25) is 24.1 Å². The molecule has 0 spiro atoms. The van der Waals surface area contributed by atoms with Gasteiger partial charge < -0.3 is 14.8 Å². The summed E-state index contributed by atoms with van der Waals surface area (Å²) in [6.45, 7) is 2.84. The Hall–Kier alpha value is -3.53. The van der Waals surface area contributed by atoms with Crippen molar-refractivity contribution in [1.82, 2.24) is 4.90 Å². The molecule has 0 fully saturated rings. The molecule has 0 radical (unpaired) electrons. The summed E-state index contributed by atoms with van der Waals surface area (Å²) in [4.78, 5) is 63.9. The van der Waals surface area contributed by atoms with Crippen molar-refractivity contribution in [2.24, 2.45) is 5.92 Å². The first-order valence-electron chi connectivity index (χ1n) is 11.0. The Kier molecular flexibility index (Phi) is 6.78. The molecule has 2 aliphatic rings. The molecule has 1 aliphatic carbocycles. The van der Waals surface area contributed by atoms with Gasteiger partial charge in [-0.1, -0.05) is 19.1 Å². The summed E-state index contributed by atoms with van der Waals surface area (Å²) in [7, 11) is 0. The smallest absolute Gasteiger partial charge is 0.341 e. The summed E-state index contributed by atoms with van der Waals surface area (Å²) in [5, 5.41) is 3.03. The lowest BCUT2D eigenvalue weighted by atomic mass is 9.88. The molecule has 1 aromatic carbocycles. The molecule has 34 heavy (non-hydrogen) atoms. The number of nitrogens with one attached hydrogen (secondary N) is 1. The third-order valence-electron chi connectivity index (χ3n) is 5.77. The maximum Gasteiger partial charge on any atom is 0.341 e. The molecule has 0 unspecified atom stereocenters. The van der Waals surface area contributed by atoms with Crippen molar-refractivity contribution in [2.75, 3.05) is 25.1 Å². The van der Waals surface area contributed by atoms with Gasteiger partial charge in [0.2, 0.25) is 0 Å². The van der Waals surface area contributed by atoms with Gasteiger partial charge in [-0.15, -0.1) is 11.3 Å². The Bertz CT molecular complexity index is 1150. The molecular weight excluding hydrogens is 460 g/mol. The second-order valence-corrected chi connectivity index (χ2v) is 9.33. The second kappa shape index (κ2) is 9.76. The van der Waals surface area contributed by atoms with Crippen molar-refractivity contribution in [3.05, 3.63) is 51.4 Å². The zero-order valence-corrected chi connectivity index (χ0v) is 19.7. The largest absolute Gasteiger partial charge is 0.462 e. The molecule has 10 heteroatoms. The molecular formula is C24H24N2O7S. The standard InChI is InChI=1S/C24H24N2O7S/c1-3-32-24(31)20-16-9-8-13(2)10-17(16)34-21(20)25-18(27)12-33-19(28)11-26-22(29)14-6-4-5-7-15(14)23(26)30/h4-7,13H,3,8-12H2,1-2H3,(H,25,27)/t13-/m1/s1. The number of hydrogen-bond acceptors (Lipinski definition) is 8. The van der Waals surface area contributed by atoms with E-state index in [1.54, 1.807) is 19.1 Å². The third kappa shape index (κ3) is 4.58. The predicted octanol–water partition coefficient (Wildman–Crippen LogP) is 2.83. The predicted molar refractivity (Wildman–Crippen MR) is 123 cm³/mol. The van der Waals surface area contributed by atoms with Crippen LogP contribution in [-0.2, 0) is 31.9 Å². The highest BCUT2D eigenvalue weighted by atomic mass is 32.1. The third-order valence-corrected chi connectivity index (χ3v) is 6.94. The number of carbonyl (C=O) groups is 5. The van der Waals surface area contributed by atoms with E-state index in [1.165, 1.54) is 23.5 Å². The first kappa shape index (κ1) is 23.6. The molecule has 2 heterocycles. The number of nitrogens with zero attached hydrogens (tertiary/aromatic N) is 1. The van der Waals surface area contributed by atoms with E-state index in [9.17, 15) is 24.0 Å². The van der Waals surface area contributed by atoms with Gasteiger partial charge in [0.05, 0.1) is 23.3 Å². The molecule has 1 aromatic heterocycles. The van der Waals surface area contributed by atoms with Crippen LogP contribution >= 0.6 is 11.3 Å². The van der Waals surface area contributed by atoms with Crippen LogP contribution in [0.4, 0.5) is 5.00 Å². The van der Waals surface area contributed by atoms with Crippen LogP contribution in [0.15, 0.2) is 24.3 Å². The maximum absolute atomic E-state index is 12.6. The Morgan fingerprint density at radius 3 is 2.44 bits per heavy atom. The molecule has 9 nitrogen and oxygen atoms in total. The molecule has 1 aliphatic heterocycles. The molecule has 2 aromatic rings. The highest BCUT2D eigenvalue weighted by Gasteiger charge is 2.36. The lowest BCUT2D eigenvalue weighted by molar-refractivity contribution is -0.147. The number of imide groups is 1. The zero-order chi connectivity index (χ0) is 24.4. The number of rotatable bonds is 7. The van der Waals surface area contributed by atoms with E-state index >= 15 is 0 Å². The summed E-state index contributed by atoms with van der Waals surface area (Å²) in [5.74, 6) is -2.71. The number of carbonyl (C=O) groups excluding carboxylic acids is 5. The van der Waals surface area contributed by atoms with Gasteiger partial charge in [-0.2, -0.15) is 0 Å². The van der Waals surface area contributed by atoms with Crippen molar-refractivity contribution in [3.63, 3.8) is 0 Å². The highest BCUT2D eigenvalue weighted by Crippen LogP contribution is 2.40. The topological polar surface area (TPSA) is 119 Å². The molecule has 1 N–H and O–H groups in total. The van der Waals surface area contributed by atoms with Gasteiger partial charge >= 0.3 is 11.9 Å². The summed E-state index contributed by atoms with van der Waals surface area (Å²) >= 11 is 1.33. The number of hydrogen-bond donors (Lipinski definition) is 1. The van der Waals surface area contributed by atoms with E-state index in [0.717, 1.165) is 34.6 Å². The van der Waals surface area contributed by atoms with Crippen LogP contribution < -0.4 is 5.32 Å².